The van der Waals surface area contributed by atoms with Crippen molar-refractivity contribution in [2.45, 2.75) is 10.9 Å². The van der Waals surface area contributed by atoms with Crippen molar-refractivity contribution in [2.24, 2.45) is 0 Å². The zero-order chi connectivity index (χ0) is 19.6. The molecule has 0 saturated carbocycles. The van der Waals surface area contributed by atoms with Crippen molar-refractivity contribution < 1.29 is 18.1 Å². The van der Waals surface area contributed by atoms with Crippen LogP contribution in [0.5, 0.6) is 0 Å². The van der Waals surface area contributed by atoms with Crippen LogP contribution >= 0.6 is 0 Å². The number of nitrogens with zero attached hydrogens (tertiary/aromatic N) is 3. The Labute approximate surface area is 156 Å². The molecule has 1 saturated heterocycles. The van der Waals surface area contributed by atoms with Crippen molar-refractivity contribution >= 4 is 21.4 Å². The average molecular weight is 390 g/mol. The van der Waals surface area contributed by atoms with Crippen molar-refractivity contribution in [3.63, 3.8) is 0 Å². The fraction of sp³-hybridized carbons (Fsp3) is 0.294. The fourth-order valence-electron chi connectivity index (χ4n) is 3.01. The zero-order valence-corrected chi connectivity index (χ0v) is 15.3. The lowest BCUT2D eigenvalue weighted by Gasteiger charge is -2.36. The number of rotatable bonds is 4. The summed E-state index contributed by atoms with van der Waals surface area (Å²) in [6, 6.07) is 6.57. The van der Waals surface area contributed by atoms with Crippen molar-refractivity contribution in [1.82, 2.24) is 15.2 Å². The molecule has 2 aromatic rings. The largest absolute Gasteiger partial charge is 0.329 e. The number of nitro groups is 1. The third-order valence-electron chi connectivity index (χ3n) is 4.35. The van der Waals surface area contributed by atoms with Crippen LogP contribution in [0.25, 0.3) is 0 Å². The minimum absolute atomic E-state index is 0.0274. The molecule has 1 fully saturated rings. The molecule has 2 heterocycles. The van der Waals surface area contributed by atoms with Gasteiger partial charge in [0.25, 0.3) is 11.6 Å². The van der Waals surface area contributed by atoms with Crippen LogP contribution in [0.2, 0.25) is 0 Å². The Morgan fingerprint density at radius 1 is 1.37 bits per heavy atom. The summed E-state index contributed by atoms with van der Waals surface area (Å²) >= 11 is 0. The molecule has 1 atom stereocenters. The number of carbonyl (C=O) groups is 1. The molecule has 0 bridgehead atoms. The monoisotopic (exact) mass is 390 g/mol. The summed E-state index contributed by atoms with van der Waals surface area (Å²) in [6.45, 7) is 1.46. The molecule has 0 aliphatic carbocycles. The molecule has 1 aliphatic heterocycles. The van der Waals surface area contributed by atoms with Gasteiger partial charge in [0.15, 0.2) is 9.84 Å². The van der Waals surface area contributed by atoms with E-state index in [4.69, 9.17) is 0 Å². The van der Waals surface area contributed by atoms with Gasteiger partial charge in [-0.2, -0.15) is 0 Å². The lowest BCUT2D eigenvalue weighted by atomic mass is 10.0. The molecule has 3 rings (SSSR count). The number of carbonyl (C=O) groups excluding carboxylic acids is 1. The lowest BCUT2D eigenvalue weighted by Crippen LogP contribution is -2.48. The second-order valence-corrected chi connectivity index (χ2v) is 8.27. The van der Waals surface area contributed by atoms with Crippen molar-refractivity contribution in [3.8, 4) is 0 Å². The predicted octanol–water partition coefficient (Wildman–Crippen LogP) is 1.18. The van der Waals surface area contributed by atoms with Gasteiger partial charge in [0.2, 0.25) is 0 Å². The van der Waals surface area contributed by atoms with E-state index in [1.807, 2.05) is 6.07 Å². The van der Waals surface area contributed by atoms with Crippen LogP contribution in [0.3, 0.4) is 0 Å². The summed E-state index contributed by atoms with van der Waals surface area (Å²) in [4.78, 5) is 29.0. The van der Waals surface area contributed by atoms with Crippen LogP contribution < -0.4 is 5.32 Å². The first-order valence-corrected chi connectivity index (χ1v) is 10.1. The Kier molecular flexibility index (Phi) is 5.19. The molecule has 10 heteroatoms. The molecule has 27 heavy (non-hydrogen) atoms. The third kappa shape index (κ3) is 4.12. The maximum atomic E-state index is 13.1. The third-order valence-corrected chi connectivity index (χ3v) is 5.44. The van der Waals surface area contributed by atoms with Gasteiger partial charge in [0.1, 0.15) is 0 Å². The quantitative estimate of drug-likeness (QED) is 0.614. The number of hydrogen-bond donors (Lipinski definition) is 1. The van der Waals surface area contributed by atoms with Crippen LogP contribution in [0.4, 0.5) is 5.69 Å². The number of aromatic nitrogens is 1. The molecule has 142 valence electrons. The van der Waals surface area contributed by atoms with Gasteiger partial charge in [-0.15, -0.1) is 0 Å². The number of piperazine rings is 1. The van der Waals surface area contributed by atoms with E-state index < -0.39 is 26.4 Å². The van der Waals surface area contributed by atoms with Gasteiger partial charge in [-0.05, 0) is 17.7 Å². The second kappa shape index (κ2) is 7.41. The Morgan fingerprint density at radius 3 is 2.78 bits per heavy atom. The number of benzene rings is 1. The van der Waals surface area contributed by atoms with E-state index in [1.54, 1.807) is 23.4 Å². The SMILES string of the molecule is CS(=O)(=O)c1cc(C(=O)N2CCNCC2c2cccnc2)cc([N+](=O)[O-])c1. The summed E-state index contributed by atoms with van der Waals surface area (Å²) in [5.41, 5.74) is 0.363. The second-order valence-electron chi connectivity index (χ2n) is 6.25. The summed E-state index contributed by atoms with van der Waals surface area (Å²) < 4.78 is 23.8. The predicted molar refractivity (Wildman–Crippen MR) is 97.1 cm³/mol. The lowest BCUT2D eigenvalue weighted by molar-refractivity contribution is -0.385. The number of hydrogen-bond acceptors (Lipinski definition) is 7. The van der Waals surface area contributed by atoms with E-state index in [-0.39, 0.29) is 16.5 Å². The molecule has 0 spiro atoms. The molecule has 0 radical (unpaired) electrons. The van der Waals surface area contributed by atoms with Gasteiger partial charge in [-0.3, -0.25) is 19.9 Å². The van der Waals surface area contributed by atoms with Gasteiger partial charge in [-0.1, -0.05) is 6.07 Å². The molecule has 9 nitrogen and oxygen atoms in total. The Hall–Kier alpha value is -2.85. The van der Waals surface area contributed by atoms with Crippen LogP contribution in [0.1, 0.15) is 22.0 Å². The highest BCUT2D eigenvalue weighted by atomic mass is 32.2. The molecule has 1 aromatic carbocycles. The average Bonchev–Trinajstić information content (AvgIpc) is 2.67. The molecule has 1 aromatic heterocycles. The standard InChI is InChI=1S/C17H18N4O5S/c1-27(25,26)15-8-13(7-14(9-15)21(23)24)17(22)20-6-5-19-11-16(20)12-3-2-4-18-10-12/h2-4,7-10,16,19H,5-6,11H2,1H3. The number of amides is 1. The Bertz CT molecular complexity index is 978. The van der Waals surface area contributed by atoms with Gasteiger partial charge >= 0.3 is 0 Å². The highest BCUT2D eigenvalue weighted by Crippen LogP contribution is 2.27. The van der Waals surface area contributed by atoms with Crippen LogP contribution in [-0.4, -0.2) is 55.0 Å². The van der Waals surface area contributed by atoms with Gasteiger partial charge in [-0.25, -0.2) is 8.42 Å². The molecular weight excluding hydrogens is 372 g/mol. The smallest absolute Gasteiger partial charge is 0.271 e. The zero-order valence-electron chi connectivity index (χ0n) is 14.5. The van der Waals surface area contributed by atoms with Crippen LogP contribution in [-0.2, 0) is 9.84 Å². The maximum absolute atomic E-state index is 13.1. The Balaban J connectivity index is 2.03. The molecule has 1 unspecified atom stereocenters. The first-order chi connectivity index (χ1) is 12.8. The number of non-ortho nitro benzene ring substituents is 1. The summed E-state index contributed by atoms with van der Waals surface area (Å²) in [6.07, 6.45) is 4.24. The number of pyridine rings is 1. The number of sulfone groups is 1. The summed E-state index contributed by atoms with van der Waals surface area (Å²) in [5, 5.41) is 14.4. The van der Waals surface area contributed by atoms with E-state index in [0.717, 1.165) is 24.0 Å². The van der Waals surface area contributed by atoms with E-state index in [0.29, 0.717) is 19.6 Å². The first kappa shape index (κ1) is 18.9. The van der Waals surface area contributed by atoms with E-state index in [1.165, 1.54) is 6.07 Å². The molecule has 1 amide bonds. The highest BCUT2D eigenvalue weighted by molar-refractivity contribution is 7.90. The topological polar surface area (TPSA) is 123 Å². The number of nitrogens with one attached hydrogen (secondary N) is 1. The fourth-order valence-corrected chi connectivity index (χ4v) is 3.69. The van der Waals surface area contributed by atoms with Gasteiger partial charge in [0, 0.05) is 56.0 Å². The van der Waals surface area contributed by atoms with Crippen molar-refractivity contribution in [3.05, 3.63) is 64.0 Å². The minimum atomic E-state index is -3.71. The molecule has 1 aliphatic rings. The first-order valence-electron chi connectivity index (χ1n) is 8.18. The Morgan fingerprint density at radius 2 is 2.15 bits per heavy atom. The normalized spacial score (nSPS) is 17.5. The van der Waals surface area contributed by atoms with Gasteiger partial charge < -0.3 is 10.2 Å². The number of nitro benzene ring substituents is 1. The summed E-state index contributed by atoms with van der Waals surface area (Å²) in [7, 11) is -3.71. The van der Waals surface area contributed by atoms with E-state index in [2.05, 4.69) is 10.3 Å². The highest BCUT2D eigenvalue weighted by Gasteiger charge is 2.30. The van der Waals surface area contributed by atoms with Crippen LogP contribution in [0.15, 0.2) is 47.6 Å². The van der Waals surface area contributed by atoms with Crippen molar-refractivity contribution in [2.75, 3.05) is 25.9 Å². The maximum Gasteiger partial charge on any atom is 0.271 e. The van der Waals surface area contributed by atoms with Gasteiger partial charge in [0.05, 0.1) is 15.9 Å². The molecular formula is C17H18N4O5S. The summed E-state index contributed by atoms with van der Waals surface area (Å²) in [5.74, 6) is -0.459. The van der Waals surface area contributed by atoms with E-state index in [9.17, 15) is 23.3 Å². The van der Waals surface area contributed by atoms with E-state index >= 15 is 0 Å². The minimum Gasteiger partial charge on any atom is -0.329 e. The van der Waals surface area contributed by atoms with Crippen LogP contribution in [0, 0.1) is 10.1 Å². The molecule has 1 N–H and O–H groups in total. The van der Waals surface area contributed by atoms with Crippen molar-refractivity contribution in [1.29, 1.82) is 0 Å².